The summed E-state index contributed by atoms with van der Waals surface area (Å²) in [5.41, 5.74) is 0.815. The van der Waals surface area contributed by atoms with Crippen LogP contribution >= 0.6 is 0 Å². The molecular weight excluding hydrogens is 168 g/mol. The van der Waals surface area contributed by atoms with E-state index in [2.05, 4.69) is 6.92 Å². The third-order valence-corrected chi connectivity index (χ3v) is 4.69. The Hall–Kier alpha value is 0. The Bertz CT molecular complexity index is 155. The van der Waals surface area contributed by atoms with E-state index in [0.717, 1.165) is 17.8 Å². The topological polar surface area (TPSA) is 0 Å². The van der Waals surface area contributed by atoms with E-state index in [1.165, 1.54) is 51.4 Å². The fourth-order valence-corrected chi connectivity index (χ4v) is 3.67. The Morgan fingerprint density at radius 3 is 2.14 bits per heavy atom. The summed E-state index contributed by atoms with van der Waals surface area (Å²) >= 11 is 0. The van der Waals surface area contributed by atoms with Gasteiger partial charge in [0.2, 0.25) is 0 Å². The van der Waals surface area contributed by atoms with Gasteiger partial charge in [-0.15, -0.1) is 0 Å². The van der Waals surface area contributed by atoms with E-state index in [-0.39, 0.29) is 0 Å². The molecule has 0 aromatic rings. The van der Waals surface area contributed by atoms with Gasteiger partial charge in [0, 0.05) is 0 Å². The molecule has 0 unspecified atom stereocenters. The molecule has 0 N–H and O–H groups in total. The van der Waals surface area contributed by atoms with Crippen LogP contribution in [0.5, 0.6) is 0 Å². The summed E-state index contributed by atoms with van der Waals surface area (Å²) in [5, 5.41) is 0. The lowest BCUT2D eigenvalue weighted by Gasteiger charge is -2.43. The zero-order valence-corrected chi connectivity index (χ0v) is 9.56. The van der Waals surface area contributed by atoms with Crippen molar-refractivity contribution in [2.24, 2.45) is 11.3 Å². The Balaban J connectivity index is 1.81. The summed E-state index contributed by atoms with van der Waals surface area (Å²) in [6.45, 7) is 3.98. The predicted molar refractivity (Wildman–Crippen MR) is 62.1 cm³/mol. The van der Waals surface area contributed by atoms with Gasteiger partial charge in [0.1, 0.15) is 0 Å². The van der Waals surface area contributed by atoms with Crippen molar-refractivity contribution < 1.29 is 0 Å². The smallest absolute Gasteiger partial charge is 0.0297 e. The summed E-state index contributed by atoms with van der Waals surface area (Å²) in [7, 11) is 0. The highest BCUT2D eigenvalue weighted by Crippen LogP contribution is 2.49. The van der Waals surface area contributed by atoms with E-state index < -0.39 is 0 Å². The second kappa shape index (κ2) is 4.68. The van der Waals surface area contributed by atoms with E-state index in [1.54, 1.807) is 12.8 Å². The molecule has 0 saturated heterocycles. The van der Waals surface area contributed by atoms with E-state index in [0.29, 0.717) is 0 Å². The van der Waals surface area contributed by atoms with Crippen LogP contribution in [0.15, 0.2) is 0 Å². The van der Waals surface area contributed by atoms with Gasteiger partial charge in [-0.1, -0.05) is 39.0 Å². The molecule has 1 radical (unpaired) electrons. The van der Waals surface area contributed by atoms with Crippen molar-refractivity contribution in [3.63, 3.8) is 0 Å². The molecule has 81 valence electrons. The van der Waals surface area contributed by atoms with Gasteiger partial charge in [-0.05, 0) is 49.9 Å². The molecule has 2 rings (SSSR count). The van der Waals surface area contributed by atoms with Gasteiger partial charge in [-0.2, -0.15) is 0 Å². The van der Waals surface area contributed by atoms with E-state index in [4.69, 9.17) is 0 Å². The Morgan fingerprint density at radius 2 is 1.57 bits per heavy atom. The molecule has 0 bridgehead atoms. The van der Waals surface area contributed by atoms with Crippen molar-refractivity contribution in [2.75, 3.05) is 0 Å². The first-order valence-corrected chi connectivity index (χ1v) is 6.64. The van der Waals surface area contributed by atoms with Crippen molar-refractivity contribution in [1.82, 2.24) is 0 Å². The summed E-state index contributed by atoms with van der Waals surface area (Å²) in [5.74, 6) is 1.03. The van der Waals surface area contributed by atoms with Crippen LogP contribution in [0.4, 0.5) is 0 Å². The minimum Gasteiger partial charge on any atom is -0.0533 e. The molecule has 14 heavy (non-hydrogen) atoms. The molecule has 0 aliphatic heterocycles. The molecule has 0 atom stereocenters. The standard InChI is InChI=1S/C14H25/c1-2-6-13-7-11-14(12-8-13)9-4-3-5-10-14/h13H,1-12H2. The third-order valence-electron chi connectivity index (χ3n) is 4.69. The number of hydrogen-bond donors (Lipinski definition) is 0. The largest absolute Gasteiger partial charge is 0.0533 e. The minimum atomic E-state index is 0.815. The maximum atomic E-state index is 3.98. The molecule has 2 fully saturated rings. The van der Waals surface area contributed by atoms with Gasteiger partial charge in [-0.25, -0.2) is 0 Å². The average Bonchev–Trinajstić information content (AvgIpc) is 2.24. The van der Waals surface area contributed by atoms with Gasteiger partial charge >= 0.3 is 0 Å². The maximum Gasteiger partial charge on any atom is -0.0297 e. The van der Waals surface area contributed by atoms with E-state index >= 15 is 0 Å². The Labute approximate surface area is 89.5 Å². The summed E-state index contributed by atoms with van der Waals surface area (Å²) in [6, 6.07) is 0. The van der Waals surface area contributed by atoms with Crippen LogP contribution in [0.1, 0.15) is 70.6 Å². The highest BCUT2D eigenvalue weighted by Gasteiger charge is 2.35. The predicted octanol–water partition coefficient (Wildman–Crippen LogP) is 4.74. The van der Waals surface area contributed by atoms with Gasteiger partial charge in [0.15, 0.2) is 0 Å². The van der Waals surface area contributed by atoms with E-state index in [9.17, 15) is 0 Å². The normalized spacial score (nSPS) is 28.1. The first-order valence-electron chi connectivity index (χ1n) is 6.64. The lowest BCUT2D eigenvalue weighted by Crippen LogP contribution is -2.29. The molecule has 0 amide bonds. The molecule has 0 heterocycles. The summed E-state index contributed by atoms with van der Waals surface area (Å²) < 4.78 is 0. The molecule has 2 saturated carbocycles. The SMILES string of the molecule is [CH2]CCC1CCC2(CCCCC2)CC1. The zero-order valence-electron chi connectivity index (χ0n) is 9.56. The quantitative estimate of drug-likeness (QED) is 0.594. The molecule has 2 aliphatic carbocycles. The van der Waals surface area contributed by atoms with Crippen molar-refractivity contribution in [1.29, 1.82) is 0 Å². The van der Waals surface area contributed by atoms with Crippen LogP contribution in [0, 0.1) is 18.3 Å². The second-order valence-corrected chi connectivity index (χ2v) is 5.65. The average molecular weight is 193 g/mol. The number of hydrogen-bond acceptors (Lipinski definition) is 0. The summed E-state index contributed by atoms with van der Waals surface area (Å²) in [6.07, 6.45) is 16.3. The Kier molecular flexibility index (Phi) is 3.52. The van der Waals surface area contributed by atoms with E-state index in [1.807, 2.05) is 0 Å². The monoisotopic (exact) mass is 193 g/mol. The zero-order chi connectivity index (χ0) is 9.86. The molecule has 0 nitrogen and oxygen atoms in total. The second-order valence-electron chi connectivity index (χ2n) is 5.65. The van der Waals surface area contributed by atoms with Gasteiger partial charge in [-0.3, -0.25) is 0 Å². The van der Waals surface area contributed by atoms with Crippen LogP contribution in [-0.4, -0.2) is 0 Å². The van der Waals surface area contributed by atoms with Crippen LogP contribution < -0.4 is 0 Å². The van der Waals surface area contributed by atoms with Crippen molar-refractivity contribution in [3.8, 4) is 0 Å². The molecule has 0 aromatic carbocycles. The van der Waals surface area contributed by atoms with Gasteiger partial charge in [0.05, 0.1) is 0 Å². The molecular formula is C14H25. The lowest BCUT2D eigenvalue weighted by atomic mass is 9.63. The van der Waals surface area contributed by atoms with Gasteiger partial charge in [0.25, 0.3) is 0 Å². The fourth-order valence-electron chi connectivity index (χ4n) is 3.67. The highest BCUT2D eigenvalue weighted by molar-refractivity contribution is 4.87. The van der Waals surface area contributed by atoms with Crippen molar-refractivity contribution >= 4 is 0 Å². The van der Waals surface area contributed by atoms with Crippen LogP contribution in [-0.2, 0) is 0 Å². The third kappa shape index (κ3) is 2.32. The van der Waals surface area contributed by atoms with Crippen LogP contribution in [0.25, 0.3) is 0 Å². The molecule has 0 aromatic heterocycles. The van der Waals surface area contributed by atoms with Crippen molar-refractivity contribution in [3.05, 3.63) is 6.92 Å². The first kappa shape index (κ1) is 10.5. The minimum absolute atomic E-state index is 0.815. The van der Waals surface area contributed by atoms with Gasteiger partial charge < -0.3 is 0 Å². The Morgan fingerprint density at radius 1 is 0.929 bits per heavy atom. The summed E-state index contributed by atoms with van der Waals surface area (Å²) in [4.78, 5) is 0. The fraction of sp³-hybridized carbons (Fsp3) is 0.929. The maximum absolute atomic E-state index is 3.98. The number of rotatable bonds is 2. The molecule has 0 heteroatoms. The molecule has 2 aliphatic rings. The van der Waals surface area contributed by atoms with Crippen LogP contribution in [0.2, 0.25) is 0 Å². The van der Waals surface area contributed by atoms with Crippen molar-refractivity contribution in [2.45, 2.75) is 70.6 Å². The first-order chi connectivity index (χ1) is 6.85. The van der Waals surface area contributed by atoms with Crippen LogP contribution in [0.3, 0.4) is 0 Å². The highest BCUT2D eigenvalue weighted by atomic mass is 14.4. The lowest BCUT2D eigenvalue weighted by molar-refractivity contribution is 0.0947. The molecule has 1 spiro atoms.